The Morgan fingerprint density at radius 1 is 1.29 bits per heavy atom. The number of nitrogens with one attached hydrogen (secondary N) is 1. The molecule has 21 heavy (non-hydrogen) atoms. The Hall–Kier alpha value is -1.93. The summed E-state index contributed by atoms with van der Waals surface area (Å²) >= 11 is 3.26. The molecule has 1 heterocycles. The van der Waals surface area contributed by atoms with E-state index in [1.165, 1.54) is 18.3 Å². The van der Waals surface area contributed by atoms with Crippen LogP contribution in [0.3, 0.4) is 0 Å². The molecule has 110 valence electrons. The van der Waals surface area contributed by atoms with Crippen LogP contribution >= 0.6 is 15.9 Å². The average molecular weight is 370 g/mol. The molecule has 2 aromatic rings. The van der Waals surface area contributed by atoms with Gasteiger partial charge in [-0.2, -0.15) is 0 Å². The molecule has 8 heteroatoms. The number of anilines is 2. The zero-order valence-electron chi connectivity index (χ0n) is 11.0. The van der Waals surface area contributed by atoms with Crippen LogP contribution in [0.2, 0.25) is 0 Å². The number of carbonyl (C=O) groups is 1. The molecule has 2 rings (SSSR count). The SMILES string of the molecule is CS(=O)(=O)c1ccc(NC(=O)c2cc(N)cc(Br)c2)cn1. The second-order valence-corrected chi connectivity index (χ2v) is 7.26. The molecule has 3 N–H and O–H groups in total. The minimum atomic E-state index is -3.36. The van der Waals surface area contributed by atoms with Crippen LogP contribution in [0.4, 0.5) is 11.4 Å². The number of sulfone groups is 1. The van der Waals surface area contributed by atoms with Gasteiger partial charge in [-0.1, -0.05) is 15.9 Å². The summed E-state index contributed by atoms with van der Waals surface area (Å²) in [5.74, 6) is -0.364. The van der Waals surface area contributed by atoms with E-state index in [4.69, 9.17) is 5.73 Å². The molecule has 0 radical (unpaired) electrons. The molecule has 0 aliphatic heterocycles. The Balaban J connectivity index is 2.20. The Labute approximate surface area is 130 Å². The lowest BCUT2D eigenvalue weighted by Crippen LogP contribution is -2.13. The molecule has 1 amide bonds. The summed E-state index contributed by atoms with van der Waals surface area (Å²) in [6.45, 7) is 0. The van der Waals surface area contributed by atoms with Gasteiger partial charge in [0.25, 0.3) is 5.91 Å². The van der Waals surface area contributed by atoms with E-state index in [0.717, 1.165) is 6.26 Å². The summed E-state index contributed by atoms with van der Waals surface area (Å²) in [7, 11) is -3.36. The first-order valence-corrected chi connectivity index (χ1v) is 8.48. The average Bonchev–Trinajstić information content (AvgIpc) is 2.37. The third-order valence-corrected chi connectivity index (χ3v) is 4.02. The molecule has 1 aromatic heterocycles. The van der Waals surface area contributed by atoms with E-state index in [9.17, 15) is 13.2 Å². The van der Waals surface area contributed by atoms with Gasteiger partial charge in [0.2, 0.25) is 0 Å². The van der Waals surface area contributed by atoms with Gasteiger partial charge in [0.05, 0.1) is 11.9 Å². The lowest BCUT2D eigenvalue weighted by Gasteiger charge is -2.07. The summed E-state index contributed by atoms with van der Waals surface area (Å²) < 4.78 is 23.3. The highest BCUT2D eigenvalue weighted by Crippen LogP contribution is 2.18. The molecule has 1 aromatic carbocycles. The molecular weight excluding hydrogens is 358 g/mol. The maximum Gasteiger partial charge on any atom is 0.255 e. The molecule has 6 nitrogen and oxygen atoms in total. The normalized spacial score (nSPS) is 11.1. The van der Waals surface area contributed by atoms with Crippen LogP contribution in [0.5, 0.6) is 0 Å². The first-order valence-electron chi connectivity index (χ1n) is 5.79. The van der Waals surface area contributed by atoms with Crippen molar-refractivity contribution in [3.63, 3.8) is 0 Å². The zero-order valence-corrected chi connectivity index (χ0v) is 13.4. The van der Waals surface area contributed by atoms with E-state index in [2.05, 4.69) is 26.2 Å². The smallest absolute Gasteiger partial charge is 0.255 e. The molecule has 0 saturated carbocycles. The highest BCUT2D eigenvalue weighted by atomic mass is 79.9. The summed E-state index contributed by atoms with van der Waals surface area (Å²) in [6, 6.07) is 7.66. The summed E-state index contributed by atoms with van der Waals surface area (Å²) in [5, 5.41) is 2.57. The molecule has 0 fully saturated rings. The van der Waals surface area contributed by atoms with E-state index in [1.807, 2.05) is 0 Å². The highest BCUT2D eigenvalue weighted by Gasteiger charge is 2.11. The number of rotatable bonds is 3. The Morgan fingerprint density at radius 3 is 2.52 bits per heavy atom. The number of aromatic nitrogens is 1. The lowest BCUT2D eigenvalue weighted by molar-refractivity contribution is 0.102. The summed E-state index contributed by atoms with van der Waals surface area (Å²) in [5.41, 5.74) is 6.91. The Kier molecular flexibility index (Phi) is 4.29. The Bertz CT molecular complexity index is 769. The first kappa shape index (κ1) is 15.5. The van der Waals surface area contributed by atoms with Crippen molar-refractivity contribution in [2.45, 2.75) is 5.03 Å². The predicted molar refractivity (Wildman–Crippen MR) is 83.9 cm³/mol. The number of pyridine rings is 1. The van der Waals surface area contributed by atoms with Gasteiger partial charge in [-0.05, 0) is 30.3 Å². The van der Waals surface area contributed by atoms with Gasteiger partial charge < -0.3 is 11.1 Å². The molecule has 0 saturated heterocycles. The van der Waals surface area contributed by atoms with Crippen LogP contribution in [-0.2, 0) is 9.84 Å². The number of nitrogens with two attached hydrogens (primary N) is 1. The third kappa shape index (κ3) is 4.02. The number of benzene rings is 1. The quantitative estimate of drug-likeness (QED) is 0.806. The minimum absolute atomic E-state index is 0.0489. The van der Waals surface area contributed by atoms with Crippen LogP contribution in [0.15, 0.2) is 46.0 Å². The molecule has 0 aliphatic rings. The van der Waals surface area contributed by atoms with Crippen LogP contribution in [0.25, 0.3) is 0 Å². The predicted octanol–water partition coefficient (Wildman–Crippen LogP) is 2.08. The number of hydrogen-bond acceptors (Lipinski definition) is 5. The standard InChI is InChI=1S/C13H12BrN3O3S/c1-21(19,20)12-3-2-11(7-16-12)17-13(18)8-4-9(14)6-10(15)5-8/h2-7H,15H2,1H3,(H,17,18). The van der Waals surface area contributed by atoms with Crippen LogP contribution in [-0.4, -0.2) is 25.6 Å². The third-order valence-electron chi connectivity index (χ3n) is 2.56. The van der Waals surface area contributed by atoms with E-state index in [0.29, 0.717) is 21.4 Å². The van der Waals surface area contributed by atoms with Crippen molar-refractivity contribution in [2.24, 2.45) is 0 Å². The van der Waals surface area contributed by atoms with E-state index in [-0.39, 0.29) is 10.9 Å². The molecular formula is C13H12BrN3O3S. The van der Waals surface area contributed by atoms with E-state index in [1.54, 1.807) is 18.2 Å². The minimum Gasteiger partial charge on any atom is -0.399 e. The molecule has 0 spiro atoms. The van der Waals surface area contributed by atoms with Crippen molar-refractivity contribution in [2.75, 3.05) is 17.3 Å². The fourth-order valence-corrected chi connectivity index (χ4v) is 2.69. The molecule has 0 bridgehead atoms. The van der Waals surface area contributed by atoms with Gasteiger partial charge in [0, 0.05) is 22.0 Å². The largest absolute Gasteiger partial charge is 0.399 e. The summed E-state index contributed by atoms with van der Waals surface area (Å²) in [6.07, 6.45) is 2.35. The zero-order chi connectivity index (χ0) is 15.6. The maximum atomic E-state index is 12.1. The Morgan fingerprint density at radius 2 is 2.00 bits per heavy atom. The highest BCUT2D eigenvalue weighted by molar-refractivity contribution is 9.10. The van der Waals surface area contributed by atoms with E-state index >= 15 is 0 Å². The fraction of sp³-hybridized carbons (Fsp3) is 0.0769. The van der Waals surface area contributed by atoms with Crippen LogP contribution < -0.4 is 11.1 Å². The van der Waals surface area contributed by atoms with E-state index < -0.39 is 9.84 Å². The first-order chi connectivity index (χ1) is 9.75. The number of hydrogen-bond donors (Lipinski definition) is 2. The van der Waals surface area contributed by atoms with Gasteiger partial charge in [-0.15, -0.1) is 0 Å². The van der Waals surface area contributed by atoms with Gasteiger partial charge >= 0.3 is 0 Å². The monoisotopic (exact) mass is 369 g/mol. The van der Waals surface area contributed by atoms with Gasteiger partial charge in [-0.25, -0.2) is 13.4 Å². The lowest BCUT2D eigenvalue weighted by atomic mass is 10.2. The van der Waals surface area contributed by atoms with Gasteiger partial charge in [-0.3, -0.25) is 4.79 Å². The number of nitrogens with zero attached hydrogens (tertiary/aromatic N) is 1. The van der Waals surface area contributed by atoms with Crippen molar-refractivity contribution in [3.8, 4) is 0 Å². The van der Waals surface area contributed by atoms with Crippen molar-refractivity contribution in [3.05, 3.63) is 46.6 Å². The van der Waals surface area contributed by atoms with Crippen LogP contribution in [0, 0.1) is 0 Å². The number of carbonyl (C=O) groups excluding carboxylic acids is 1. The molecule has 0 atom stereocenters. The van der Waals surface area contributed by atoms with Gasteiger partial charge in [0.1, 0.15) is 0 Å². The van der Waals surface area contributed by atoms with Gasteiger partial charge in [0.15, 0.2) is 14.9 Å². The maximum absolute atomic E-state index is 12.1. The second-order valence-electron chi connectivity index (χ2n) is 4.38. The number of amides is 1. The van der Waals surface area contributed by atoms with Crippen molar-refractivity contribution in [1.29, 1.82) is 0 Å². The number of halogens is 1. The summed E-state index contributed by atoms with van der Waals surface area (Å²) in [4.78, 5) is 15.9. The van der Waals surface area contributed by atoms with Crippen molar-refractivity contribution in [1.82, 2.24) is 4.98 Å². The molecule has 0 aliphatic carbocycles. The van der Waals surface area contributed by atoms with Crippen LogP contribution in [0.1, 0.15) is 10.4 Å². The van der Waals surface area contributed by atoms with Crippen molar-refractivity contribution >= 4 is 43.0 Å². The topological polar surface area (TPSA) is 102 Å². The van der Waals surface area contributed by atoms with Crippen molar-refractivity contribution < 1.29 is 13.2 Å². The fourth-order valence-electron chi connectivity index (χ4n) is 1.62. The second kappa shape index (κ2) is 5.82. The molecule has 0 unspecified atom stereocenters. The number of nitrogen functional groups attached to an aromatic ring is 1.